The van der Waals surface area contributed by atoms with Crippen LogP contribution in [0.2, 0.25) is 5.02 Å². The van der Waals surface area contributed by atoms with Gasteiger partial charge in [-0.05, 0) is 24.5 Å². The highest BCUT2D eigenvalue weighted by atomic mass is 35.5. The van der Waals surface area contributed by atoms with Crippen molar-refractivity contribution < 1.29 is 4.79 Å². The molecule has 0 saturated heterocycles. The summed E-state index contributed by atoms with van der Waals surface area (Å²) in [6, 6.07) is 7.65. The van der Waals surface area contributed by atoms with Gasteiger partial charge in [0.1, 0.15) is 5.69 Å². The molecule has 0 saturated carbocycles. The summed E-state index contributed by atoms with van der Waals surface area (Å²) < 4.78 is 1.79. The number of nitrogens with zero attached hydrogens (tertiary/aromatic N) is 3. The van der Waals surface area contributed by atoms with Gasteiger partial charge in [-0.25, -0.2) is 4.68 Å². The zero-order valence-corrected chi connectivity index (χ0v) is 12.5. The molecule has 0 aliphatic carbocycles. The number of aldehydes is 1. The largest absolute Gasteiger partial charge is 0.296 e. The zero-order valence-electron chi connectivity index (χ0n) is 11.7. The summed E-state index contributed by atoms with van der Waals surface area (Å²) in [5, 5.41) is 8.80. The molecule has 0 unspecified atom stereocenters. The van der Waals surface area contributed by atoms with E-state index in [9.17, 15) is 4.79 Å². The van der Waals surface area contributed by atoms with Crippen molar-refractivity contribution in [3.8, 4) is 0 Å². The lowest BCUT2D eigenvalue weighted by Crippen LogP contribution is -2.11. The molecule has 0 bridgehead atoms. The van der Waals surface area contributed by atoms with Crippen LogP contribution in [0.5, 0.6) is 0 Å². The van der Waals surface area contributed by atoms with Gasteiger partial charge in [0, 0.05) is 10.9 Å². The summed E-state index contributed by atoms with van der Waals surface area (Å²) in [4.78, 5) is 11.2. The van der Waals surface area contributed by atoms with Gasteiger partial charge in [0.2, 0.25) is 0 Å². The second kappa shape index (κ2) is 6.66. The van der Waals surface area contributed by atoms with Crippen molar-refractivity contribution in [1.82, 2.24) is 15.0 Å². The standard InChI is InChI=1S/C15H18ClN3O/c1-3-11(4-2)15-14(10-20)17-18-19(15)9-12-7-5-6-8-13(12)16/h5-8,10-11H,3-4,9H2,1-2H3. The third kappa shape index (κ3) is 2.90. The maximum absolute atomic E-state index is 11.2. The summed E-state index contributed by atoms with van der Waals surface area (Å²) >= 11 is 6.18. The Morgan fingerprint density at radius 2 is 2.00 bits per heavy atom. The number of carbonyl (C=O) groups excluding carboxylic acids is 1. The van der Waals surface area contributed by atoms with Crippen molar-refractivity contribution in [2.45, 2.75) is 39.2 Å². The third-order valence-corrected chi connectivity index (χ3v) is 3.93. The van der Waals surface area contributed by atoms with Crippen LogP contribution in [0.4, 0.5) is 0 Å². The molecular formula is C15H18ClN3O. The predicted molar refractivity (Wildman–Crippen MR) is 79.3 cm³/mol. The lowest BCUT2D eigenvalue weighted by molar-refractivity contribution is 0.111. The van der Waals surface area contributed by atoms with E-state index in [1.165, 1.54) is 0 Å². The Morgan fingerprint density at radius 1 is 1.30 bits per heavy atom. The van der Waals surface area contributed by atoms with E-state index in [2.05, 4.69) is 24.2 Å². The van der Waals surface area contributed by atoms with Crippen LogP contribution >= 0.6 is 11.6 Å². The normalized spacial score (nSPS) is 11.0. The van der Waals surface area contributed by atoms with Crippen LogP contribution in [0, 0.1) is 0 Å². The summed E-state index contributed by atoms with van der Waals surface area (Å²) in [6.45, 7) is 4.75. The van der Waals surface area contributed by atoms with Crippen LogP contribution in [0.25, 0.3) is 0 Å². The zero-order chi connectivity index (χ0) is 14.5. The molecule has 2 rings (SSSR count). The average Bonchev–Trinajstić information content (AvgIpc) is 2.86. The van der Waals surface area contributed by atoms with E-state index in [4.69, 9.17) is 11.6 Å². The first-order chi connectivity index (χ1) is 9.71. The van der Waals surface area contributed by atoms with Gasteiger partial charge in [-0.2, -0.15) is 0 Å². The Hall–Kier alpha value is -1.68. The molecule has 0 amide bonds. The molecular weight excluding hydrogens is 274 g/mol. The number of halogens is 1. The highest BCUT2D eigenvalue weighted by Crippen LogP contribution is 2.26. The summed E-state index contributed by atoms with van der Waals surface area (Å²) in [6.07, 6.45) is 2.68. The van der Waals surface area contributed by atoms with E-state index in [-0.39, 0.29) is 5.92 Å². The first-order valence-corrected chi connectivity index (χ1v) is 7.21. The summed E-state index contributed by atoms with van der Waals surface area (Å²) in [5.41, 5.74) is 2.32. The SMILES string of the molecule is CCC(CC)c1c(C=O)nnn1Cc1ccccc1Cl. The Kier molecular flexibility index (Phi) is 4.90. The first kappa shape index (κ1) is 14.7. The van der Waals surface area contributed by atoms with Gasteiger partial charge in [-0.15, -0.1) is 5.10 Å². The lowest BCUT2D eigenvalue weighted by Gasteiger charge is -2.15. The molecule has 0 aliphatic rings. The van der Waals surface area contributed by atoms with Crippen LogP contribution in [-0.2, 0) is 6.54 Å². The molecule has 20 heavy (non-hydrogen) atoms. The topological polar surface area (TPSA) is 47.8 Å². The molecule has 106 valence electrons. The van der Waals surface area contributed by atoms with E-state index >= 15 is 0 Å². The van der Waals surface area contributed by atoms with Crippen molar-refractivity contribution in [1.29, 1.82) is 0 Å². The van der Waals surface area contributed by atoms with Crippen molar-refractivity contribution >= 4 is 17.9 Å². The molecule has 5 heteroatoms. The van der Waals surface area contributed by atoms with Gasteiger partial charge in [0.25, 0.3) is 0 Å². The number of hydrogen-bond donors (Lipinski definition) is 0. The second-order valence-electron chi connectivity index (χ2n) is 4.74. The summed E-state index contributed by atoms with van der Waals surface area (Å²) in [7, 11) is 0. The minimum atomic E-state index is 0.285. The molecule has 1 heterocycles. The van der Waals surface area contributed by atoms with E-state index in [1.54, 1.807) is 4.68 Å². The molecule has 1 aromatic heterocycles. The van der Waals surface area contributed by atoms with E-state index < -0.39 is 0 Å². The average molecular weight is 292 g/mol. The third-order valence-electron chi connectivity index (χ3n) is 3.56. The van der Waals surface area contributed by atoms with Crippen LogP contribution in [-0.4, -0.2) is 21.3 Å². The Balaban J connectivity index is 2.40. The Labute approximate surface area is 123 Å². The Morgan fingerprint density at radius 3 is 2.60 bits per heavy atom. The number of aromatic nitrogens is 3. The quantitative estimate of drug-likeness (QED) is 0.763. The van der Waals surface area contributed by atoms with E-state index in [1.807, 2.05) is 24.3 Å². The number of hydrogen-bond acceptors (Lipinski definition) is 3. The maximum atomic E-state index is 11.2. The fourth-order valence-electron chi connectivity index (χ4n) is 2.42. The van der Waals surface area contributed by atoms with Crippen LogP contribution < -0.4 is 0 Å². The van der Waals surface area contributed by atoms with Gasteiger partial charge in [-0.3, -0.25) is 4.79 Å². The van der Waals surface area contributed by atoms with Crippen molar-refractivity contribution in [2.24, 2.45) is 0 Å². The minimum Gasteiger partial charge on any atom is -0.296 e. The Bertz CT molecular complexity index is 591. The van der Waals surface area contributed by atoms with Gasteiger partial charge >= 0.3 is 0 Å². The lowest BCUT2D eigenvalue weighted by atomic mass is 9.97. The molecule has 2 aromatic rings. The second-order valence-corrected chi connectivity index (χ2v) is 5.15. The highest BCUT2D eigenvalue weighted by Gasteiger charge is 2.20. The van der Waals surface area contributed by atoms with Crippen molar-refractivity contribution in [3.05, 3.63) is 46.2 Å². The molecule has 1 aromatic carbocycles. The van der Waals surface area contributed by atoms with Crippen LogP contribution in [0.15, 0.2) is 24.3 Å². The van der Waals surface area contributed by atoms with Crippen molar-refractivity contribution in [2.75, 3.05) is 0 Å². The fourth-order valence-corrected chi connectivity index (χ4v) is 2.61. The van der Waals surface area contributed by atoms with Crippen molar-refractivity contribution in [3.63, 3.8) is 0 Å². The van der Waals surface area contributed by atoms with Gasteiger partial charge < -0.3 is 0 Å². The van der Waals surface area contributed by atoms with Crippen LogP contribution in [0.3, 0.4) is 0 Å². The van der Waals surface area contributed by atoms with E-state index in [0.717, 1.165) is 30.4 Å². The number of rotatable bonds is 6. The van der Waals surface area contributed by atoms with Gasteiger partial charge in [0.15, 0.2) is 6.29 Å². The van der Waals surface area contributed by atoms with Crippen LogP contribution in [0.1, 0.15) is 54.4 Å². The monoisotopic (exact) mass is 291 g/mol. The van der Waals surface area contributed by atoms with Gasteiger partial charge in [0.05, 0.1) is 12.2 Å². The van der Waals surface area contributed by atoms with E-state index in [0.29, 0.717) is 17.3 Å². The molecule has 0 radical (unpaired) electrons. The smallest absolute Gasteiger partial charge is 0.172 e. The highest BCUT2D eigenvalue weighted by molar-refractivity contribution is 6.31. The maximum Gasteiger partial charge on any atom is 0.172 e. The molecule has 0 spiro atoms. The predicted octanol–water partition coefficient (Wildman–Crippen LogP) is 3.70. The molecule has 0 atom stereocenters. The number of benzene rings is 1. The molecule has 0 fully saturated rings. The molecule has 0 N–H and O–H groups in total. The number of carbonyl (C=O) groups is 1. The first-order valence-electron chi connectivity index (χ1n) is 6.83. The molecule has 4 nitrogen and oxygen atoms in total. The minimum absolute atomic E-state index is 0.285. The molecule has 0 aliphatic heterocycles. The fraction of sp³-hybridized carbons (Fsp3) is 0.400. The summed E-state index contributed by atoms with van der Waals surface area (Å²) in [5.74, 6) is 0.285. The van der Waals surface area contributed by atoms with Gasteiger partial charge in [-0.1, -0.05) is 48.9 Å².